The first-order valence-corrected chi connectivity index (χ1v) is 5.53. The molecule has 19 heavy (non-hydrogen) atoms. The van der Waals surface area contributed by atoms with E-state index in [1.807, 2.05) is 0 Å². The lowest BCUT2D eigenvalue weighted by molar-refractivity contribution is -0.384. The molecule has 0 aliphatic heterocycles. The molecule has 0 radical (unpaired) electrons. The van der Waals surface area contributed by atoms with E-state index in [9.17, 15) is 23.3 Å². The van der Waals surface area contributed by atoms with Gasteiger partial charge in [-0.3, -0.25) is 10.1 Å². The van der Waals surface area contributed by atoms with Gasteiger partial charge in [0.1, 0.15) is 11.6 Å². The molecule has 1 aromatic heterocycles. The van der Waals surface area contributed by atoms with Crippen LogP contribution >= 0.6 is 0 Å². The van der Waals surface area contributed by atoms with Crippen LogP contribution in [0.1, 0.15) is 13.3 Å². The van der Waals surface area contributed by atoms with Gasteiger partial charge in [-0.15, -0.1) is 0 Å². The summed E-state index contributed by atoms with van der Waals surface area (Å²) in [5, 5.41) is 15.9. The molecule has 0 aliphatic rings. The topological polar surface area (TPSA) is 80.1 Å². The number of alkyl halides is 3. The maximum Gasteiger partial charge on any atom is 0.390 e. The fraction of sp³-hybridized carbons (Fsp3) is 0.500. The predicted octanol–water partition coefficient (Wildman–Crippen LogP) is 2.79. The lowest BCUT2D eigenvalue weighted by atomic mass is 10.3. The van der Waals surface area contributed by atoms with Crippen LogP contribution in [0.4, 0.5) is 30.5 Å². The fourth-order valence-corrected chi connectivity index (χ4v) is 1.32. The normalized spacial score (nSPS) is 11.2. The van der Waals surface area contributed by atoms with Crippen molar-refractivity contribution in [3.05, 3.63) is 22.2 Å². The Morgan fingerprint density at radius 3 is 2.37 bits per heavy atom. The van der Waals surface area contributed by atoms with Crippen molar-refractivity contribution in [2.75, 3.05) is 23.7 Å². The number of halogens is 3. The lowest BCUT2D eigenvalue weighted by Gasteiger charge is -2.10. The molecular weight excluding hydrogens is 265 g/mol. The minimum atomic E-state index is -4.28. The Hall–Kier alpha value is -2.06. The van der Waals surface area contributed by atoms with Gasteiger partial charge in [-0.2, -0.15) is 13.2 Å². The van der Waals surface area contributed by atoms with Crippen LogP contribution in [-0.4, -0.2) is 29.2 Å². The standard InChI is InChI=1S/C10H13F3N4O2/c1-2-14-8-5-7(17(18)19)6-9(16-8)15-4-3-10(11,12)13/h5-6H,2-4H2,1H3,(H2,14,15,16). The summed E-state index contributed by atoms with van der Waals surface area (Å²) < 4.78 is 36.0. The van der Waals surface area contributed by atoms with E-state index in [4.69, 9.17) is 0 Å². The Morgan fingerprint density at radius 2 is 1.89 bits per heavy atom. The number of pyridine rings is 1. The zero-order valence-corrected chi connectivity index (χ0v) is 10.1. The summed E-state index contributed by atoms with van der Waals surface area (Å²) >= 11 is 0. The van der Waals surface area contributed by atoms with E-state index < -0.39 is 17.5 Å². The molecule has 0 aromatic carbocycles. The Morgan fingerprint density at radius 1 is 1.32 bits per heavy atom. The fourth-order valence-electron chi connectivity index (χ4n) is 1.32. The molecule has 0 saturated heterocycles. The first-order chi connectivity index (χ1) is 8.81. The lowest BCUT2D eigenvalue weighted by Crippen LogP contribution is -2.15. The highest BCUT2D eigenvalue weighted by Gasteiger charge is 2.26. The van der Waals surface area contributed by atoms with Crippen molar-refractivity contribution in [3.8, 4) is 0 Å². The highest BCUT2D eigenvalue weighted by molar-refractivity contribution is 5.54. The summed E-state index contributed by atoms with van der Waals surface area (Å²) in [7, 11) is 0. The van der Waals surface area contributed by atoms with Crippen LogP contribution in [0, 0.1) is 10.1 Å². The number of hydrogen-bond donors (Lipinski definition) is 2. The highest BCUT2D eigenvalue weighted by atomic mass is 19.4. The van der Waals surface area contributed by atoms with Gasteiger partial charge in [0.25, 0.3) is 5.69 Å². The molecule has 0 atom stereocenters. The summed E-state index contributed by atoms with van der Waals surface area (Å²) in [4.78, 5) is 14.0. The molecule has 0 fully saturated rings. The average molecular weight is 278 g/mol. The molecule has 9 heteroatoms. The monoisotopic (exact) mass is 278 g/mol. The van der Waals surface area contributed by atoms with Gasteiger partial charge in [0.2, 0.25) is 0 Å². The molecule has 0 spiro atoms. The third-order valence-corrected chi connectivity index (χ3v) is 2.09. The molecule has 0 aliphatic carbocycles. The third-order valence-electron chi connectivity index (χ3n) is 2.09. The van der Waals surface area contributed by atoms with E-state index >= 15 is 0 Å². The summed E-state index contributed by atoms with van der Waals surface area (Å²) in [6, 6.07) is 2.32. The number of aromatic nitrogens is 1. The van der Waals surface area contributed by atoms with Gasteiger partial charge in [-0.1, -0.05) is 0 Å². The Bertz CT molecular complexity index is 451. The predicted molar refractivity (Wildman–Crippen MR) is 64.2 cm³/mol. The Balaban J connectivity index is 2.78. The van der Waals surface area contributed by atoms with E-state index in [0.717, 1.165) is 6.07 Å². The molecule has 1 aromatic rings. The van der Waals surface area contributed by atoms with Gasteiger partial charge >= 0.3 is 6.18 Å². The summed E-state index contributed by atoms with van der Waals surface area (Å²) in [6.45, 7) is 1.89. The van der Waals surface area contributed by atoms with Gasteiger partial charge in [0, 0.05) is 13.1 Å². The number of rotatable bonds is 6. The van der Waals surface area contributed by atoms with Crippen molar-refractivity contribution in [1.29, 1.82) is 0 Å². The molecular formula is C10H13F3N4O2. The molecule has 0 bridgehead atoms. The number of nitrogens with one attached hydrogen (secondary N) is 2. The van der Waals surface area contributed by atoms with Crippen LogP contribution in [0.15, 0.2) is 12.1 Å². The molecule has 0 saturated carbocycles. The molecule has 6 nitrogen and oxygen atoms in total. The van der Waals surface area contributed by atoms with Gasteiger partial charge in [0.15, 0.2) is 0 Å². The Labute approximate surface area is 107 Å². The molecule has 0 amide bonds. The minimum Gasteiger partial charge on any atom is -0.370 e. The first kappa shape index (κ1) is 15.0. The summed E-state index contributed by atoms with van der Waals surface area (Å²) in [6.07, 6.45) is -5.31. The van der Waals surface area contributed by atoms with E-state index in [0.29, 0.717) is 6.54 Å². The van der Waals surface area contributed by atoms with Crippen LogP contribution in [0.3, 0.4) is 0 Å². The summed E-state index contributed by atoms with van der Waals surface area (Å²) in [5.74, 6) is 0.278. The van der Waals surface area contributed by atoms with Crippen LogP contribution in [0.25, 0.3) is 0 Å². The second-order valence-corrected chi connectivity index (χ2v) is 3.68. The van der Waals surface area contributed by atoms with E-state index in [2.05, 4.69) is 15.6 Å². The van der Waals surface area contributed by atoms with Crippen molar-refractivity contribution in [1.82, 2.24) is 4.98 Å². The second-order valence-electron chi connectivity index (χ2n) is 3.68. The van der Waals surface area contributed by atoms with Gasteiger partial charge in [0.05, 0.1) is 23.5 Å². The molecule has 1 heterocycles. The maximum atomic E-state index is 12.0. The van der Waals surface area contributed by atoms with Crippen LogP contribution < -0.4 is 10.6 Å². The second kappa shape index (κ2) is 6.21. The van der Waals surface area contributed by atoms with Crippen LogP contribution in [0.5, 0.6) is 0 Å². The molecule has 0 unspecified atom stereocenters. The largest absolute Gasteiger partial charge is 0.390 e. The van der Waals surface area contributed by atoms with Gasteiger partial charge in [-0.05, 0) is 6.92 Å². The number of nitrogens with zero attached hydrogens (tertiary/aromatic N) is 2. The summed E-state index contributed by atoms with van der Waals surface area (Å²) in [5.41, 5.74) is -0.236. The van der Waals surface area contributed by atoms with E-state index in [-0.39, 0.29) is 23.9 Å². The van der Waals surface area contributed by atoms with Crippen molar-refractivity contribution in [2.45, 2.75) is 19.5 Å². The Kier molecular flexibility index (Phi) is 4.90. The number of hydrogen-bond acceptors (Lipinski definition) is 5. The molecule has 2 N–H and O–H groups in total. The van der Waals surface area contributed by atoms with Crippen molar-refractivity contribution < 1.29 is 18.1 Å². The van der Waals surface area contributed by atoms with Crippen molar-refractivity contribution in [3.63, 3.8) is 0 Å². The number of nitro groups is 1. The number of anilines is 2. The van der Waals surface area contributed by atoms with E-state index in [1.54, 1.807) is 6.92 Å². The van der Waals surface area contributed by atoms with Crippen molar-refractivity contribution >= 4 is 17.3 Å². The first-order valence-electron chi connectivity index (χ1n) is 5.53. The highest BCUT2D eigenvalue weighted by Crippen LogP contribution is 2.22. The van der Waals surface area contributed by atoms with Crippen molar-refractivity contribution in [2.24, 2.45) is 0 Å². The molecule has 1 rings (SSSR count). The SMILES string of the molecule is CCNc1cc([N+](=O)[O-])cc(NCCC(F)(F)F)n1. The zero-order chi connectivity index (χ0) is 14.5. The van der Waals surface area contributed by atoms with Crippen LogP contribution in [0.2, 0.25) is 0 Å². The molecule has 106 valence electrons. The third kappa shape index (κ3) is 5.40. The van der Waals surface area contributed by atoms with Gasteiger partial charge < -0.3 is 10.6 Å². The average Bonchev–Trinajstić information content (AvgIpc) is 2.27. The maximum absolute atomic E-state index is 12.0. The quantitative estimate of drug-likeness (QED) is 0.617. The van der Waals surface area contributed by atoms with Gasteiger partial charge in [-0.25, -0.2) is 4.98 Å². The smallest absolute Gasteiger partial charge is 0.370 e. The van der Waals surface area contributed by atoms with Crippen LogP contribution in [-0.2, 0) is 0 Å². The minimum absolute atomic E-state index is 0.0365. The van der Waals surface area contributed by atoms with E-state index in [1.165, 1.54) is 6.07 Å². The zero-order valence-electron chi connectivity index (χ0n) is 10.1.